The average Bonchev–Trinajstić information content (AvgIpc) is 2.52. The second-order valence-corrected chi connectivity index (χ2v) is 4.45. The van der Waals surface area contributed by atoms with E-state index in [2.05, 4.69) is 5.32 Å². The van der Waals surface area contributed by atoms with Crippen molar-refractivity contribution in [3.8, 4) is 11.5 Å². The van der Waals surface area contributed by atoms with Gasteiger partial charge in [-0.3, -0.25) is 4.79 Å². The summed E-state index contributed by atoms with van der Waals surface area (Å²) >= 11 is 0. The Morgan fingerprint density at radius 3 is 2.67 bits per heavy atom. The zero-order valence-corrected chi connectivity index (χ0v) is 11.8. The Morgan fingerprint density at radius 1 is 1.19 bits per heavy atom. The predicted octanol–water partition coefficient (Wildman–Crippen LogP) is 1.97. The third kappa shape index (κ3) is 4.42. The summed E-state index contributed by atoms with van der Waals surface area (Å²) in [6.07, 6.45) is 0. The van der Waals surface area contributed by atoms with Gasteiger partial charge in [0.2, 0.25) is 0 Å². The third-order valence-electron chi connectivity index (χ3n) is 2.89. The van der Waals surface area contributed by atoms with Gasteiger partial charge in [0.05, 0.1) is 7.11 Å². The molecule has 0 radical (unpaired) electrons. The molecule has 0 atom stereocenters. The highest BCUT2D eigenvalue weighted by Gasteiger charge is 2.07. The second-order valence-electron chi connectivity index (χ2n) is 4.45. The van der Waals surface area contributed by atoms with E-state index in [1.165, 1.54) is 0 Å². The Bertz CT molecular complexity index is 600. The van der Waals surface area contributed by atoms with Crippen LogP contribution in [0.15, 0.2) is 48.5 Å². The fraction of sp³-hybridized carbons (Fsp3) is 0.188. The number of methoxy groups -OCH3 is 1. The minimum atomic E-state index is -0.205. The molecule has 0 heterocycles. The summed E-state index contributed by atoms with van der Waals surface area (Å²) in [7, 11) is 1.58. The number of hydrogen-bond acceptors (Lipinski definition) is 4. The van der Waals surface area contributed by atoms with E-state index < -0.39 is 0 Å². The maximum atomic E-state index is 11.8. The van der Waals surface area contributed by atoms with Gasteiger partial charge in [-0.1, -0.05) is 18.2 Å². The average molecular weight is 286 g/mol. The molecule has 2 rings (SSSR count). The topological polar surface area (TPSA) is 73.6 Å². The molecule has 0 saturated heterocycles. The molecule has 0 unspecified atom stereocenters. The number of hydrogen-bond donors (Lipinski definition) is 2. The van der Waals surface area contributed by atoms with E-state index in [0.29, 0.717) is 23.7 Å². The summed E-state index contributed by atoms with van der Waals surface area (Å²) in [6.45, 7) is 0.305. The molecule has 3 N–H and O–H groups in total. The van der Waals surface area contributed by atoms with Crippen molar-refractivity contribution in [3.05, 3.63) is 54.1 Å². The van der Waals surface area contributed by atoms with Crippen LogP contribution in [0.2, 0.25) is 0 Å². The largest absolute Gasteiger partial charge is 0.496 e. The summed E-state index contributed by atoms with van der Waals surface area (Å²) < 4.78 is 10.6. The number of nitrogens with two attached hydrogens (primary N) is 1. The molecule has 2 aromatic carbocycles. The number of carbonyl (C=O) groups excluding carboxylic acids is 1. The maximum absolute atomic E-state index is 11.8. The zero-order chi connectivity index (χ0) is 15.1. The summed E-state index contributed by atoms with van der Waals surface area (Å²) in [5.74, 6) is 1.14. The van der Waals surface area contributed by atoms with Crippen molar-refractivity contribution < 1.29 is 14.3 Å². The summed E-state index contributed by atoms with van der Waals surface area (Å²) in [5, 5.41) is 2.77. The molecular formula is C16H18N2O3. The number of ether oxygens (including phenoxy) is 2. The zero-order valence-electron chi connectivity index (χ0n) is 11.8. The van der Waals surface area contributed by atoms with E-state index in [9.17, 15) is 4.79 Å². The minimum Gasteiger partial charge on any atom is -0.496 e. The van der Waals surface area contributed by atoms with Gasteiger partial charge >= 0.3 is 0 Å². The first-order chi connectivity index (χ1) is 10.2. The molecule has 0 aliphatic heterocycles. The van der Waals surface area contributed by atoms with E-state index >= 15 is 0 Å². The van der Waals surface area contributed by atoms with E-state index in [-0.39, 0.29) is 12.5 Å². The molecule has 1 amide bonds. The minimum absolute atomic E-state index is 0.0331. The Balaban J connectivity index is 1.85. The van der Waals surface area contributed by atoms with Crippen molar-refractivity contribution in [2.45, 2.75) is 6.54 Å². The van der Waals surface area contributed by atoms with Gasteiger partial charge in [0.25, 0.3) is 5.91 Å². The van der Waals surface area contributed by atoms with E-state index in [4.69, 9.17) is 15.2 Å². The fourth-order valence-electron chi connectivity index (χ4n) is 1.85. The Hall–Kier alpha value is -2.69. The van der Waals surface area contributed by atoms with Crippen LogP contribution >= 0.6 is 0 Å². The normalized spacial score (nSPS) is 9.95. The summed E-state index contributed by atoms with van der Waals surface area (Å²) in [4.78, 5) is 11.8. The lowest BCUT2D eigenvalue weighted by Gasteiger charge is -2.11. The molecule has 5 nitrogen and oxygen atoms in total. The molecule has 21 heavy (non-hydrogen) atoms. The van der Waals surface area contributed by atoms with Gasteiger partial charge in [0, 0.05) is 17.8 Å². The molecule has 0 aliphatic rings. The van der Waals surface area contributed by atoms with E-state index in [0.717, 1.165) is 5.56 Å². The number of rotatable bonds is 6. The smallest absolute Gasteiger partial charge is 0.258 e. The van der Waals surface area contributed by atoms with Crippen LogP contribution in [0, 0.1) is 0 Å². The maximum Gasteiger partial charge on any atom is 0.258 e. The molecule has 0 aromatic heterocycles. The van der Waals surface area contributed by atoms with Gasteiger partial charge in [0.15, 0.2) is 6.61 Å². The van der Waals surface area contributed by atoms with Crippen molar-refractivity contribution in [2.75, 3.05) is 19.5 Å². The van der Waals surface area contributed by atoms with Crippen LogP contribution in [-0.2, 0) is 11.3 Å². The highest BCUT2D eigenvalue weighted by Crippen LogP contribution is 2.20. The predicted molar refractivity (Wildman–Crippen MR) is 81.2 cm³/mol. The molecule has 2 aromatic rings. The highest BCUT2D eigenvalue weighted by atomic mass is 16.5. The molecular weight excluding hydrogens is 268 g/mol. The molecule has 5 heteroatoms. The standard InChI is InChI=1S/C16H18N2O3/c1-20-15-8-7-13(17)9-12(15)10-18-16(19)11-21-14-5-3-2-4-6-14/h2-9H,10-11,17H2,1H3,(H,18,19). The lowest BCUT2D eigenvalue weighted by molar-refractivity contribution is -0.123. The number of para-hydroxylation sites is 1. The van der Waals surface area contributed by atoms with Gasteiger partial charge in [0.1, 0.15) is 11.5 Å². The molecule has 0 spiro atoms. The van der Waals surface area contributed by atoms with Crippen LogP contribution in [0.25, 0.3) is 0 Å². The monoisotopic (exact) mass is 286 g/mol. The van der Waals surface area contributed by atoms with Gasteiger partial charge in [-0.05, 0) is 30.3 Å². The Labute approximate surface area is 123 Å². The van der Waals surface area contributed by atoms with Crippen LogP contribution in [0.5, 0.6) is 11.5 Å². The van der Waals surface area contributed by atoms with Crippen molar-refractivity contribution in [2.24, 2.45) is 0 Å². The number of benzene rings is 2. The SMILES string of the molecule is COc1ccc(N)cc1CNC(=O)COc1ccccc1. The molecule has 0 bridgehead atoms. The Morgan fingerprint density at radius 2 is 1.95 bits per heavy atom. The van der Waals surface area contributed by atoms with Crippen LogP contribution < -0.4 is 20.5 Å². The molecule has 110 valence electrons. The first-order valence-corrected chi connectivity index (χ1v) is 6.56. The first kappa shape index (κ1) is 14.7. The second kappa shape index (κ2) is 7.19. The van der Waals surface area contributed by atoms with Crippen LogP contribution in [0.1, 0.15) is 5.56 Å². The van der Waals surface area contributed by atoms with Crippen molar-refractivity contribution in [1.29, 1.82) is 0 Å². The van der Waals surface area contributed by atoms with Crippen molar-refractivity contribution >= 4 is 11.6 Å². The van der Waals surface area contributed by atoms with Crippen molar-refractivity contribution in [1.82, 2.24) is 5.32 Å². The summed E-state index contributed by atoms with van der Waals surface area (Å²) in [5.41, 5.74) is 7.18. The van der Waals surface area contributed by atoms with Gasteiger partial charge < -0.3 is 20.5 Å². The Kier molecular flexibility index (Phi) is 5.04. The van der Waals surface area contributed by atoms with E-state index in [1.54, 1.807) is 37.4 Å². The summed E-state index contributed by atoms with van der Waals surface area (Å²) in [6, 6.07) is 14.5. The van der Waals surface area contributed by atoms with E-state index in [1.807, 2.05) is 18.2 Å². The van der Waals surface area contributed by atoms with Crippen LogP contribution in [-0.4, -0.2) is 19.6 Å². The van der Waals surface area contributed by atoms with Gasteiger partial charge in [-0.25, -0.2) is 0 Å². The quantitative estimate of drug-likeness (QED) is 0.796. The van der Waals surface area contributed by atoms with Crippen LogP contribution in [0.4, 0.5) is 5.69 Å². The third-order valence-corrected chi connectivity index (χ3v) is 2.89. The lowest BCUT2D eigenvalue weighted by Crippen LogP contribution is -2.28. The van der Waals surface area contributed by atoms with Gasteiger partial charge in [-0.2, -0.15) is 0 Å². The lowest BCUT2D eigenvalue weighted by atomic mass is 10.2. The van der Waals surface area contributed by atoms with Crippen molar-refractivity contribution in [3.63, 3.8) is 0 Å². The highest BCUT2D eigenvalue weighted by molar-refractivity contribution is 5.77. The van der Waals surface area contributed by atoms with Crippen LogP contribution in [0.3, 0.4) is 0 Å². The number of nitrogens with one attached hydrogen (secondary N) is 1. The number of nitrogen functional groups attached to an aromatic ring is 1. The number of anilines is 1. The molecule has 0 fully saturated rings. The van der Waals surface area contributed by atoms with Gasteiger partial charge in [-0.15, -0.1) is 0 Å². The molecule has 0 aliphatic carbocycles. The number of amides is 1. The number of carbonyl (C=O) groups is 1. The molecule has 0 saturated carbocycles. The first-order valence-electron chi connectivity index (χ1n) is 6.56. The fourth-order valence-corrected chi connectivity index (χ4v) is 1.85.